The highest BCUT2D eigenvalue weighted by molar-refractivity contribution is 6.17. The Morgan fingerprint density at radius 2 is 2.16 bits per heavy atom. The molecule has 1 unspecified atom stereocenters. The molecule has 0 aliphatic heterocycles. The molecule has 1 aromatic carbocycles. The van der Waals surface area contributed by atoms with Gasteiger partial charge in [-0.1, -0.05) is 24.3 Å². The van der Waals surface area contributed by atoms with Gasteiger partial charge in [-0.05, 0) is 18.1 Å². The number of hydrogen-bond donors (Lipinski definition) is 1. The molecule has 0 saturated carbocycles. The van der Waals surface area contributed by atoms with Crippen molar-refractivity contribution in [2.24, 2.45) is 0 Å². The van der Waals surface area contributed by atoms with E-state index in [1.54, 1.807) is 7.11 Å². The van der Waals surface area contributed by atoms with E-state index in [0.29, 0.717) is 12.5 Å². The number of nitrogens with zero attached hydrogens (tertiary/aromatic N) is 1. The van der Waals surface area contributed by atoms with Crippen LogP contribution in [0.2, 0.25) is 0 Å². The Morgan fingerprint density at radius 3 is 2.95 bits per heavy atom. The third-order valence-corrected chi connectivity index (χ3v) is 3.34. The van der Waals surface area contributed by atoms with Crippen LogP contribution in [0.15, 0.2) is 36.5 Å². The Bertz CT molecular complexity index is 507. The summed E-state index contributed by atoms with van der Waals surface area (Å²) < 4.78 is 5.20. The summed E-state index contributed by atoms with van der Waals surface area (Å²) in [6.45, 7) is 1.45. The summed E-state index contributed by atoms with van der Waals surface area (Å²) in [6, 6.07) is 10.6. The SMILES string of the molecule is COCC(CCCl)NCc1cccc2cccnc12. The maximum atomic E-state index is 5.80. The summed E-state index contributed by atoms with van der Waals surface area (Å²) in [5.74, 6) is 0.634. The summed E-state index contributed by atoms with van der Waals surface area (Å²) in [4.78, 5) is 4.45. The lowest BCUT2D eigenvalue weighted by molar-refractivity contribution is 0.164. The maximum absolute atomic E-state index is 5.80. The molecule has 2 rings (SSSR count). The third-order valence-electron chi connectivity index (χ3n) is 3.12. The van der Waals surface area contributed by atoms with E-state index in [1.165, 1.54) is 10.9 Å². The first-order chi connectivity index (χ1) is 9.35. The van der Waals surface area contributed by atoms with Gasteiger partial charge in [0.15, 0.2) is 0 Å². The highest BCUT2D eigenvalue weighted by Crippen LogP contribution is 2.15. The number of hydrogen-bond acceptors (Lipinski definition) is 3. The van der Waals surface area contributed by atoms with Crippen molar-refractivity contribution >= 4 is 22.5 Å². The van der Waals surface area contributed by atoms with Crippen LogP contribution in [-0.2, 0) is 11.3 Å². The van der Waals surface area contributed by atoms with Crippen molar-refractivity contribution in [3.8, 4) is 0 Å². The minimum Gasteiger partial charge on any atom is -0.383 e. The Kier molecular flexibility index (Phi) is 5.58. The summed E-state index contributed by atoms with van der Waals surface area (Å²) in [7, 11) is 1.71. The number of aromatic nitrogens is 1. The lowest BCUT2D eigenvalue weighted by Crippen LogP contribution is -2.33. The van der Waals surface area contributed by atoms with E-state index < -0.39 is 0 Å². The lowest BCUT2D eigenvalue weighted by Gasteiger charge is -2.17. The van der Waals surface area contributed by atoms with Gasteiger partial charge < -0.3 is 10.1 Å². The highest BCUT2D eigenvalue weighted by atomic mass is 35.5. The van der Waals surface area contributed by atoms with Crippen molar-refractivity contribution in [3.05, 3.63) is 42.1 Å². The van der Waals surface area contributed by atoms with E-state index in [4.69, 9.17) is 16.3 Å². The zero-order valence-electron chi connectivity index (χ0n) is 11.1. The monoisotopic (exact) mass is 278 g/mol. The average Bonchev–Trinajstić information content (AvgIpc) is 2.45. The Hall–Kier alpha value is -1.16. The van der Waals surface area contributed by atoms with Crippen LogP contribution in [0, 0.1) is 0 Å². The maximum Gasteiger partial charge on any atom is 0.0746 e. The molecule has 1 aromatic heterocycles. The van der Waals surface area contributed by atoms with Crippen LogP contribution in [0.1, 0.15) is 12.0 Å². The molecule has 0 aliphatic rings. The molecule has 0 amide bonds. The first-order valence-electron chi connectivity index (χ1n) is 6.46. The number of ether oxygens (including phenoxy) is 1. The molecule has 0 aliphatic carbocycles. The van der Waals surface area contributed by atoms with Crippen LogP contribution in [0.4, 0.5) is 0 Å². The van der Waals surface area contributed by atoms with Crippen molar-refractivity contribution in [3.63, 3.8) is 0 Å². The second-order valence-corrected chi connectivity index (χ2v) is 4.88. The van der Waals surface area contributed by atoms with Gasteiger partial charge in [0.05, 0.1) is 12.1 Å². The molecular formula is C15H19ClN2O. The molecule has 1 atom stereocenters. The molecule has 0 spiro atoms. The summed E-state index contributed by atoms with van der Waals surface area (Å²) >= 11 is 5.80. The average molecular weight is 279 g/mol. The smallest absolute Gasteiger partial charge is 0.0746 e. The largest absolute Gasteiger partial charge is 0.383 e. The number of halogens is 1. The van der Waals surface area contributed by atoms with Crippen LogP contribution in [-0.4, -0.2) is 30.6 Å². The zero-order chi connectivity index (χ0) is 13.5. The van der Waals surface area contributed by atoms with E-state index in [2.05, 4.69) is 34.6 Å². The van der Waals surface area contributed by atoms with Crippen molar-refractivity contribution in [2.75, 3.05) is 19.6 Å². The third kappa shape index (κ3) is 3.90. The predicted molar refractivity (Wildman–Crippen MR) is 79.6 cm³/mol. The molecule has 0 fully saturated rings. The standard InChI is InChI=1S/C15H19ClN2O/c1-19-11-14(7-8-16)18-10-13-5-2-4-12-6-3-9-17-15(12)13/h2-6,9,14,18H,7-8,10-11H2,1H3. The predicted octanol–water partition coefficient (Wildman–Crippen LogP) is 2.97. The quantitative estimate of drug-likeness (QED) is 0.791. The van der Waals surface area contributed by atoms with Gasteiger partial charge in [0.25, 0.3) is 0 Å². The Morgan fingerprint density at radius 1 is 1.32 bits per heavy atom. The Balaban J connectivity index is 2.08. The molecule has 4 heteroatoms. The molecule has 1 N–H and O–H groups in total. The number of benzene rings is 1. The van der Waals surface area contributed by atoms with Crippen LogP contribution in [0.25, 0.3) is 10.9 Å². The van der Waals surface area contributed by atoms with Gasteiger partial charge in [0, 0.05) is 37.2 Å². The van der Waals surface area contributed by atoms with E-state index in [9.17, 15) is 0 Å². The van der Waals surface area contributed by atoms with E-state index >= 15 is 0 Å². The Labute approximate surface area is 118 Å². The van der Waals surface area contributed by atoms with Gasteiger partial charge in [0.1, 0.15) is 0 Å². The van der Waals surface area contributed by atoms with Gasteiger partial charge in [-0.3, -0.25) is 4.98 Å². The van der Waals surface area contributed by atoms with Gasteiger partial charge in [-0.2, -0.15) is 0 Å². The normalized spacial score (nSPS) is 12.7. The number of pyridine rings is 1. The van der Waals surface area contributed by atoms with E-state index in [1.807, 2.05) is 12.3 Å². The van der Waals surface area contributed by atoms with Gasteiger partial charge >= 0.3 is 0 Å². The number of fused-ring (bicyclic) bond motifs is 1. The summed E-state index contributed by atoms with van der Waals surface area (Å²) in [6.07, 6.45) is 2.73. The lowest BCUT2D eigenvalue weighted by atomic mass is 10.1. The van der Waals surface area contributed by atoms with Crippen molar-refractivity contribution in [1.29, 1.82) is 0 Å². The van der Waals surface area contributed by atoms with Gasteiger partial charge in [-0.15, -0.1) is 11.6 Å². The molecule has 2 aromatic rings. The minimum atomic E-state index is 0.279. The van der Waals surface area contributed by atoms with Crippen LogP contribution in [0.5, 0.6) is 0 Å². The fraction of sp³-hybridized carbons (Fsp3) is 0.400. The highest BCUT2D eigenvalue weighted by Gasteiger charge is 2.08. The second-order valence-electron chi connectivity index (χ2n) is 4.50. The molecule has 0 saturated heterocycles. The molecule has 0 radical (unpaired) electrons. The van der Waals surface area contributed by atoms with E-state index in [-0.39, 0.29) is 6.04 Å². The number of para-hydroxylation sites is 1. The molecular weight excluding hydrogens is 260 g/mol. The van der Waals surface area contributed by atoms with Crippen LogP contribution < -0.4 is 5.32 Å². The van der Waals surface area contributed by atoms with Gasteiger partial charge in [-0.25, -0.2) is 0 Å². The van der Waals surface area contributed by atoms with E-state index in [0.717, 1.165) is 18.5 Å². The van der Waals surface area contributed by atoms with Gasteiger partial charge in [0.2, 0.25) is 0 Å². The molecule has 0 bridgehead atoms. The summed E-state index contributed by atoms with van der Waals surface area (Å²) in [5.41, 5.74) is 2.26. The number of methoxy groups -OCH3 is 1. The minimum absolute atomic E-state index is 0.279. The first-order valence-corrected chi connectivity index (χ1v) is 6.99. The van der Waals surface area contributed by atoms with Crippen molar-refractivity contribution in [2.45, 2.75) is 19.0 Å². The first kappa shape index (κ1) is 14.3. The van der Waals surface area contributed by atoms with Crippen LogP contribution >= 0.6 is 11.6 Å². The number of alkyl halides is 1. The van der Waals surface area contributed by atoms with Crippen molar-refractivity contribution < 1.29 is 4.74 Å². The zero-order valence-corrected chi connectivity index (χ0v) is 11.9. The number of nitrogens with one attached hydrogen (secondary N) is 1. The second kappa shape index (κ2) is 7.43. The fourth-order valence-electron chi connectivity index (χ4n) is 2.14. The topological polar surface area (TPSA) is 34.1 Å². The fourth-order valence-corrected chi connectivity index (χ4v) is 2.40. The molecule has 1 heterocycles. The summed E-state index contributed by atoms with van der Waals surface area (Å²) in [5, 5.41) is 4.65. The van der Waals surface area contributed by atoms with Crippen molar-refractivity contribution in [1.82, 2.24) is 10.3 Å². The molecule has 19 heavy (non-hydrogen) atoms. The van der Waals surface area contributed by atoms with Crippen LogP contribution in [0.3, 0.4) is 0 Å². The molecule has 102 valence electrons. The number of rotatable bonds is 7. The molecule has 3 nitrogen and oxygen atoms in total.